The number of nitrogens with one attached hydrogen (secondary N) is 2. The Hall–Kier alpha value is -2.38. The first-order valence-electron chi connectivity index (χ1n) is 8.77. The van der Waals surface area contributed by atoms with E-state index in [4.69, 9.17) is 0 Å². The molecule has 7 heteroatoms. The Morgan fingerprint density at radius 2 is 1.89 bits per heavy atom. The van der Waals surface area contributed by atoms with Gasteiger partial charge in [0.15, 0.2) is 4.34 Å². The zero-order valence-electron chi connectivity index (χ0n) is 14.8. The van der Waals surface area contributed by atoms with Gasteiger partial charge in [-0.05, 0) is 42.2 Å². The number of fused-ring (bicyclic) bond motifs is 1. The molecule has 0 saturated heterocycles. The molecule has 5 nitrogen and oxygen atoms in total. The summed E-state index contributed by atoms with van der Waals surface area (Å²) in [5, 5.41) is 0. The number of thiazole rings is 1. The van der Waals surface area contributed by atoms with E-state index in [0.29, 0.717) is 11.5 Å². The second-order valence-corrected chi connectivity index (χ2v) is 8.95. The van der Waals surface area contributed by atoms with E-state index in [1.54, 1.807) is 35.2 Å². The number of hydrogen-bond acceptors (Lipinski definition) is 5. The van der Waals surface area contributed by atoms with Gasteiger partial charge in [-0.15, -0.1) is 11.3 Å². The number of thioether (sulfide) groups is 1. The molecule has 0 radical (unpaired) electrons. The summed E-state index contributed by atoms with van der Waals surface area (Å²) in [7, 11) is 0. The van der Waals surface area contributed by atoms with Gasteiger partial charge in [-0.3, -0.25) is 20.4 Å². The van der Waals surface area contributed by atoms with Gasteiger partial charge in [0.2, 0.25) is 5.91 Å². The van der Waals surface area contributed by atoms with Crippen LogP contribution >= 0.6 is 23.1 Å². The number of aromatic nitrogens is 1. The van der Waals surface area contributed by atoms with Crippen LogP contribution in [0.3, 0.4) is 0 Å². The average molecular weight is 398 g/mol. The smallest absolute Gasteiger partial charge is 0.269 e. The highest BCUT2D eigenvalue weighted by atomic mass is 32.2. The molecule has 1 aromatic heterocycles. The Bertz CT molecular complexity index is 951. The topological polar surface area (TPSA) is 71.1 Å². The third-order valence-corrected chi connectivity index (χ3v) is 6.85. The maximum Gasteiger partial charge on any atom is 0.269 e. The minimum absolute atomic E-state index is 0.0345. The van der Waals surface area contributed by atoms with Crippen LogP contribution in [0.1, 0.15) is 29.3 Å². The third-order valence-electron chi connectivity index (χ3n) is 4.60. The summed E-state index contributed by atoms with van der Waals surface area (Å²) in [5.74, 6) is 0.820. The first kappa shape index (κ1) is 18.0. The van der Waals surface area contributed by atoms with Crippen molar-refractivity contribution in [2.45, 2.75) is 23.4 Å². The number of carbonyl (C=O) groups excluding carboxylic acids is 2. The Morgan fingerprint density at radius 1 is 1.15 bits per heavy atom. The van der Waals surface area contributed by atoms with Gasteiger partial charge in [0.05, 0.1) is 10.2 Å². The van der Waals surface area contributed by atoms with Gasteiger partial charge in [0.1, 0.15) is 0 Å². The normalized spacial score (nSPS) is 18.3. The van der Waals surface area contributed by atoms with Gasteiger partial charge in [0.25, 0.3) is 5.91 Å². The van der Waals surface area contributed by atoms with Gasteiger partial charge in [-0.25, -0.2) is 4.98 Å². The molecule has 1 fully saturated rings. The van der Waals surface area contributed by atoms with Crippen LogP contribution in [0.15, 0.2) is 52.9 Å². The van der Waals surface area contributed by atoms with Crippen molar-refractivity contribution in [3.05, 3.63) is 59.7 Å². The number of para-hydroxylation sites is 1. The minimum atomic E-state index is -0.304. The lowest BCUT2D eigenvalue weighted by Crippen LogP contribution is -2.42. The summed E-state index contributed by atoms with van der Waals surface area (Å²) >= 11 is 3.38. The number of amides is 2. The van der Waals surface area contributed by atoms with E-state index < -0.39 is 0 Å². The van der Waals surface area contributed by atoms with E-state index in [-0.39, 0.29) is 17.7 Å². The van der Waals surface area contributed by atoms with E-state index in [2.05, 4.69) is 21.9 Å². The fourth-order valence-electron chi connectivity index (χ4n) is 2.78. The zero-order valence-corrected chi connectivity index (χ0v) is 16.4. The summed E-state index contributed by atoms with van der Waals surface area (Å²) in [6, 6.07) is 15.5. The molecule has 0 aliphatic heterocycles. The van der Waals surface area contributed by atoms with E-state index in [1.807, 2.05) is 37.3 Å². The van der Waals surface area contributed by atoms with Gasteiger partial charge in [0, 0.05) is 17.2 Å². The van der Waals surface area contributed by atoms with Crippen LogP contribution in [0.5, 0.6) is 0 Å². The van der Waals surface area contributed by atoms with Crippen LogP contribution in [-0.2, 0) is 10.5 Å². The van der Waals surface area contributed by atoms with Crippen LogP contribution in [0.25, 0.3) is 10.2 Å². The SMILES string of the molecule is C[C@H]1C[C@@H]1C(=O)NNC(=O)c1ccc(CSc2nc3ccccc3s2)cc1. The first-order valence-corrected chi connectivity index (χ1v) is 10.6. The molecule has 27 heavy (non-hydrogen) atoms. The lowest BCUT2D eigenvalue weighted by molar-refractivity contribution is -0.123. The van der Waals surface area contributed by atoms with E-state index in [9.17, 15) is 9.59 Å². The molecule has 3 aromatic rings. The Balaban J connectivity index is 1.30. The predicted molar refractivity (Wildman–Crippen MR) is 109 cm³/mol. The van der Waals surface area contributed by atoms with Gasteiger partial charge in [-0.2, -0.15) is 0 Å². The average Bonchev–Trinajstić information content (AvgIpc) is 3.27. The number of nitrogens with zero attached hydrogens (tertiary/aromatic N) is 1. The molecule has 138 valence electrons. The van der Waals surface area contributed by atoms with Crippen LogP contribution in [0.2, 0.25) is 0 Å². The van der Waals surface area contributed by atoms with Crippen LogP contribution in [-0.4, -0.2) is 16.8 Å². The molecule has 2 amide bonds. The van der Waals surface area contributed by atoms with E-state index >= 15 is 0 Å². The Labute approximate surface area is 165 Å². The maximum atomic E-state index is 12.1. The molecule has 0 spiro atoms. The Morgan fingerprint density at radius 3 is 2.59 bits per heavy atom. The standard InChI is InChI=1S/C20H19N3O2S2/c1-12-10-15(12)19(25)23-22-18(24)14-8-6-13(7-9-14)11-26-20-21-16-4-2-3-5-17(16)27-20/h2-9,12,15H,10-11H2,1H3,(H,22,24)(H,23,25)/t12-,15-/m0/s1. The molecule has 1 aliphatic carbocycles. The minimum Gasteiger partial charge on any atom is -0.273 e. The van der Waals surface area contributed by atoms with Crippen molar-refractivity contribution < 1.29 is 9.59 Å². The second kappa shape index (κ2) is 7.70. The van der Waals surface area contributed by atoms with Crippen LogP contribution in [0, 0.1) is 11.8 Å². The monoisotopic (exact) mass is 397 g/mol. The Kier molecular flexibility index (Phi) is 5.13. The highest BCUT2D eigenvalue weighted by Gasteiger charge is 2.39. The second-order valence-electron chi connectivity index (χ2n) is 6.70. The highest BCUT2D eigenvalue weighted by molar-refractivity contribution is 8.00. The largest absolute Gasteiger partial charge is 0.273 e. The molecule has 0 bridgehead atoms. The number of rotatable bonds is 5. The van der Waals surface area contributed by atoms with E-state index in [1.165, 1.54) is 4.70 Å². The molecule has 1 heterocycles. The molecule has 2 atom stereocenters. The van der Waals surface area contributed by atoms with Crippen molar-refractivity contribution >= 4 is 45.1 Å². The predicted octanol–water partition coefficient (Wildman–Crippen LogP) is 4.01. The van der Waals surface area contributed by atoms with Gasteiger partial charge in [-0.1, -0.05) is 43.0 Å². The number of hydrazine groups is 1. The lowest BCUT2D eigenvalue weighted by Gasteiger charge is -2.07. The molecular formula is C20H19N3O2S2. The van der Waals surface area contributed by atoms with Crippen molar-refractivity contribution in [2.75, 3.05) is 0 Å². The summed E-state index contributed by atoms with van der Waals surface area (Å²) < 4.78 is 2.23. The van der Waals surface area contributed by atoms with Crippen LogP contribution < -0.4 is 10.9 Å². The van der Waals surface area contributed by atoms with Crippen LogP contribution in [0.4, 0.5) is 0 Å². The van der Waals surface area contributed by atoms with Crippen molar-refractivity contribution in [3.8, 4) is 0 Å². The first-order chi connectivity index (χ1) is 13.1. The summed E-state index contributed by atoms with van der Waals surface area (Å²) in [4.78, 5) is 28.5. The van der Waals surface area contributed by atoms with Crippen molar-refractivity contribution in [3.63, 3.8) is 0 Å². The third kappa shape index (κ3) is 4.31. The van der Waals surface area contributed by atoms with E-state index in [0.717, 1.165) is 27.6 Å². The van der Waals surface area contributed by atoms with Crippen molar-refractivity contribution in [1.82, 2.24) is 15.8 Å². The lowest BCUT2D eigenvalue weighted by atomic mass is 10.1. The summed E-state index contributed by atoms with van der Waals surface area (Å²) in [6.07, 6.45) is 0.892. The molecule has 4 rings (SSSR count). The molecule has 1 saturated carbocycles. The summed E-state index contributed by atoms with van der Waals surface area (Å²) in [6.45, 7) is 2.02. The summed E-state index contributed by atoms with van der Waals surface area (Å²) in [5.41, 5.74) is 7.64. The quantitative estimate of drug-likeness (QED) is 0.504. The number of carbonyl (C=O) groups is 2. The molecular weight excluding hydrogens is 378 g/mol. The molecule has 1 aliphatic rings. The highest BCUT2D eigenvalue weighted by Crippen LogP contribution is 2.37. The fraction of sp³-hybridized carbons (Fsp3) is 0.250. The fourth-order valence-corrected chi connectivity index (χ4v) is 4.81. The molecule has 2 aromatic carbocycles. The van der Waals surface area contributed by atoms with Gasteiger partial charge >= 0.3 is 0 Å². The molecule has 0 unspecified atom stereocenters. The van der Waals surface area contributed by atoms with Gasteiger partial charge < -0.3 is 0 Å². The number of benzene rings is 2. The maximum absolute atomic E-state index is 12.1. The van der Waals surface area contributed by atoms with Crippen molar-refractivity contribution in [2.24, 2.45) is 11.8 Å². The zero-order chi connectivity index (χ0) is 18.8. The molecule has 2 N–H and O–H groups in total. The van der Waals surface area contributed by atoms with Crippen molar-refractivity contribution in [1.29, 1.82) is 0 Å². The number of hydrogen-bond donors (Lipinski definition) is 2.